The summed E-state index contributed by atoms with van der Waals surface area (Å²) in [5.41, 5.74) is 3.21. The lowest BCUT2D eigenvalue weighted by Crippen LogP contribution is -2.21. The number of nitrogens with one attached hydrogen (secondary N) is 1. The van der Waals surface area contributed by atoms with Crippen molar-refractivity contribution in [1.82, 2.24) is 9.97 Å². The highest BCUT2D eigenvalue weighted by atomic mass is 32.1. The van der Waals surface area contributed by atoms with E-state index in [0.29, 0.717) is 37.3 Å². The number of hydrogen-bond acceptors (Lipinski definition) is 6. The first-order chi connectivity index (χ1) is 13.1. The normalized spacial score (nSPS) is 17.7. The van der Waals surface area contributed by atoms with Crippen LogP contribution in [-0.4, -0.2) is 27.3 Å². The largest absolute Gasteiger partial charge is 0.481 e. The Labute approximate surface area is 157 Å². The Morgan fingerprint density at radius 3 is 3.07 bits per heavy atom. The van der Waals surface area contributed by atoms with Gasteiger partial charge in [0, 0.05) is 11.1 Å². The molecule has 136 valence electrons. The van der Waals surface area contributed by atoms with Crippen LogP contribution in [0.4, 0.5) is 15.9 Å². The summed E-state index contributed by atoms with van der Waals surface area (Å²) in [6.45, 7) is 0.507. The number of anilines is 2. The molecule has 2 aromatic heterocycles. The smallest absolute Gasteiger partial charge is 0.306 e. The summed E-state index contributed by atoms with van der Waals surface area (Å²) in [4.78, 5) is 26.0. The Bertz CT molecular complexity index is 1120. The summed E-state index contributed by atoms with van der Waals surface area (Å²) >= 11 is 1.50. The van der Waals surface area contributed by atoms with Crippen molar-refractivity contribution in [2.24, 2.45) is 10.9 Å². The minimum Gasteiger partial charge on any atom is -0.481 e. The third-order valence-electron chi connectivity index (χ3n) is 5.17. The Morgan fingerprint density at radius 2 is 2.22 bits per heavy atom. The molecule has 3 aromatic rings. The number of thiophene rings is 1. The predicted molar refractivity (Wildman–Crippen MR) is 102 cm³/mol. The molecule has 3 heterocycles. The average molecular weight is 382 g/mol. The number of carboxylic acid groups (broad SMARTS) is 1. The van der Waals surface area contributed by atoms with E-state index in [1.54, 1.807) is 12.3 Å². The van der Waals surface area contributed by atoms with Gasteiger partial charge >= 0.3 is 5.97 Å². The molecule has 5 rings (SSSR count). The number of aliphatic carboxylic acids is 1. The molecule has 2 N–H and O–H groups in total. The number of benzene rings is 1. The molecule has 0 fully saturated rings. The van der Waals surface area contributed by atoms with Crippen molar-refractivity contribution in [3.8, 4) is 0 Å². The molecule has 6 nitrogen and oxygen atoms in total. The number of carbonyl (C=O) groups is 1. The predicted octanol–water partition coefficient (Wildman–Crippen LogP) is 3.70. The van der Waals surface area contributed by atoms with E-state index in [1.165, 1.54) is 23.7 Å². The fraction of sp³-hybridized carbons (Fsp3) is 0.263. The van der Waals surface area contributed by atoms with E-state index < -0.39 is 5.97 Å². The van der Waals surface area contributed by atoms with Gasteiger partial charge in [-0.1, -0.05) is 0 Å². The van der Waals surface area contributed by atoms with Crippen molar-refractivity contribution < 1.29 is 14.3 Å². The molecule has 27 heavy (non-hydrogen) atoms. The molecule has 1 atom stereocenters. The Morgan fingerprint density at radius 1 is 1.33 bits per heavy atom. The summed E-state index contributed by atoms with van der Waals surface area (Å²) in [5, 5.41) is 13.3. The van der Waals surface area contributed by atoms with Gasteiger partial charge in [0.25, 0.3) is 0 Å². The van der Waals surface area contributed by atoms with Crippen LogP contribution >= 0.6 is 11.3 Å². The van der Waals surface area contributed by atoms with Crippen molar-refractivity contribution in [3.05, 3.63) is 45.8 Å². The average Bonchev–Trinajstić information content (AvgIpc) is 3.25. The lowest BCUT2D eigenvalue weighted by Gasteiger charge is -2.18. The van der Waals surface area contributed by atoms with Crippen LogP contribution < -0.4 is 5.32 Å². The van der Waals surface area contributed by atoms with Gasteiger partial charge in [0.15, 0.2) is 0 Å². The number of carboxylic acids is 1. The molecular formula is C19H15FN4O2S. The number of rotatable bonds is 3. The molecule has 0 spiro atoms. The first-order valence-electron chi connectivity index (χ1n) is 8.67. The third kappa shape index (κ3) is 2.68. The molecule has 0 bridgehead atoms. The van der Waals surface area contributed by atoms with Crippen LogP contribution in [-0.2, 0) is 24.2 Å². The van der Waals surface area contributed by atoms with E-state index in [0.717, 1.165) is 31.8 Å². The molecule has 1 aromatic carbocycles. The quantitative estimate of drug-likeness (QED) is 0.721. The lowest BCUT2D eigenvalue weighted by molar-refractivity contribution is -0.142. The topological polar surface area (TPSA) is 87.5 Å². The molecule has 8 heteroatoms. The van der Waals surface area contributed by atoms with Crippen molar-refractivity contribution in [2.75, 3.05) is 5.32 Å². The minimum atomic E-state index is -0.760. The van der Waals surface area contributed by atoms with E-state index in [1.807, 2.05) is 0 Å². The van der Waals surface area contributed by atoms with Gasteiger partial charge in [-0.3, -0.25) is 9.79 Å². The SMILES string of the molecule is O=C(O)C1CCc2c(sc3ncnc(Nc4cc5c(cc4F)CN=C5)c23)C1. The van der Waals surface area contributed by atoms with E-state index in [-0.39, 0.29) is 11.7 Å². The molecule has 0 amide bonds. The van der Waals surface area contributed by atoms with Gasteiger partial charge in [-0.15, -0.1) is 11.3 Å². The minimum absolute atomic E-state index is 0.346. The maximum atomic E-state index is 14.5. The van der Waals surface area contributed by atoms with Crippen LogP contribution in [0.5, 0.6) is 0 Å². The Balaban J connectivity index is 1.57. The van der Waals surface area contributed by atoms with Crippen LogP contribution in [0.2, 0.25) is 0 Å². The van der Waals surface area contributed by atoms with Crippen LogP contribution in [0.15, 0.2) is 23.5 Å². The van der Waals surface area contributed by atoms with Crippen molar-refractivity contribution in [2.45, 2.75) is 25.8 Å². The maximum Gasteiger partial charge on any atom is 0.306 e. The van der Waals surface area contributed by atoms with Gasteiger partial charge in [0.1, 0.15) is 22.8 Å². The number of aromatic nitrogens is 2. The van der Waals surface area contributed by atoms with Gasteiger partial charge in [-0.2, -0.15) is 0 Å². The number of aryl methyl sites for hydroxylation is 1. The fourth-order valence-electron chi connectivity index (χ4n) is 3.77. The summed E-state index contributed by atoms with van der Waals surface area (Å²) in [5.74, 6) is -0.908. The molecule has 0 radical (unpaired) electrons. The molecule has 1 unspecified atom stereocenters. The van der Waals surface area contributed by atoms with E-state index in [2.05, 4.69) is 20.3 Å². The number of fused-ring (bicyclic) bond motifs is 4. The Hall–Kier alpha value is -2.87. The van der Waals surface area contributed by atoms with E-state index >= 15 is 0 Å². The van der Waals surface area contributed by atoms with Crippen LogP contribution in [0, 0.1) is 11.7 Å². The van der Waals surface area contributed by atoms with Crippen molar-refractivity contribution in [3.63, 3.8) is 0 Å². The zero-order valence-electron chi connectivity index (χ0n) is 14.2. The van der Waals surface area contributed by atoms with Gasteiger partial charge < -0.3 is 10.4 Å². The summed E-state index contributed by atoms with van der Waals surface area (Å²) in [6.07, 6.45) is 4.96. The van der Waals surface area contributed by atoms with E-state index in [9.17, 15) is 14.3 Å². The molecule has 1 aliphatic carbocycles. The molecule has 2 aliphatic rings. The molecule has 0 saturated heterocycles. The fourth-order valence-corrected chi connectivity index (χ4v) is 5.04. The molecule has 0 saturated carbocycles. The van der Waals surface area contributed by atoms with E-state index in [4.69, 9.17) is 0 Å². The second kappa shape index (κ2) is 6.09. The van der Waals surface area contributed by atoms with Gasteiger partial charge in [-0.25, -0.2) is 14.4 Å². The van der Waals surface area contributed by atoms with Crippen molar-refractivity contribution in [1.29, 1.82) is 0 Å². The lowest BCUT2D eigenvalue weighted by atomic mass is 9.88. The molecular weight excluding hydrogens is 367 g/mol. The standard InChI is InChI=1S/C19H15FN4O2S/c20-13-3-10-6-21-7-11(10)4-14(13)24-17-16-12-2-1-9(19(25)26)5-15(12)27-18(16)23-8-22-17/h3-4,7-9H,1-2,5-6H2,(H,25,26)(H,22,23,24). The van der Waals surface area contributed by atoms with Crippen LogP contribution in [0.1, 0.15) is 28.0 Å². The first-order valence-corrected chi connectivity index (χ1v) is 9.49. The maximum absolute atomic E-state index is 14.5. The summed E-state index contributed by atoms with van der Waals surface area (Å²) in [6, 6.07) is 3.25. The highest BCUT2D eigenvalue weighted by molar-refractivity contribution is 7.19. The monoisotopic (exact) mass is 382 g/mol. The molecule has 1 aliphatic heterocycles. The summed E-state index contributed by atoms with van der Waals surface area (Å²) < 4.78 is 14.5. The zero-order chi connectivity index (χ0) is 18.5. The van der Waals surface area contributed by atoms with Gasteiger partial charge in [0.2, 0.25) is 0 Å². The summed E-state index contributed by atoms with van der Waals surface area (Å²) in [7, 11) is 0. The highest BCUT2D eigenvalue weighted by Gasteiger charge is 2.29. The second-order valence-electron chi connectivity index (χ2n) is 6.81. The zero-order valence-corrected chi connectivity index (χ0v) is 15.0. The second-order valence-corrected chi connectivity index (χ2v) is 7.89. The number of hydrogen-bond donors (Lipinski definition) is 2. The van der Waals surface area contributed by atoms with Gasteiger partial charge in [0.05, 0.1) is 23.5 Å². The highest BCUT2D eigenvalue weighted by Crippen LogP contribution is 2.40. The van der Waals surface area contributed by atoms with Gasteiger partial charge in [-0.05, 0) is 48.1 Å². The Kier molecular flexibility index (Phi) is 3.68. The number of nitrogens with zero attached hydrogens (tertiary/aromatic N) is 3. The first kappa shape index (κ1) is 16.3. The number of aliphatic imine (C=N–C) groups is 1. The van der Waals surface area contributed by atoms with Crippen molar-refractivity contribution >= 4 is 45.2 Å². The van der Waals surface area contributed by atoms with Crippen LogP contribution in [0.25, 0.3) is 10.2 Å². The number of halogens is 1. The van der Waals surface area contributed by atoms with Crippen LogP contribution in [0.3, 0.4) is 0 Å². The third-order valence-corrected chi connectivity index (χ3v) is 6.33.